The van der Waals surface area contributed by atoms with Crippen LogP contribution in [-0.4, -0.2) is 35.6 Å². The van der Waals surface area contributed by atoms with E-state index >= 15 is 0 Å². The molecule has 0 aromatic heterocycles. The van der Waals surface area contributed by atoms with Crippen molar-refractivity contribution in [2.24, 2.45) is 4.99 Å². The highest BCUT2D eigenvalue weighted by Crippen LogP contribution is 2.34. The second-order valence-electron chi connectivity index (χ2n) is 6.09. The molecule has 9 heteroatoms. The van der Waals surface area contributed by atoms with Crippen LogP contribution >= 0.6 is 0 Å². The second kappa shape index (κ2) is 5.69. The summed E-state index contributed by atoms with van der Waals surface area (Å²) in [5.74, 6) is 1.60. The number of aliphatic imine (C=N–C) groups is 1. The molecule has 1 aromatic carbocycles. The fraction of sp³-hybridized carbons (Fsp3) is 0.312. The first-order valence-corrected chi connectivity index (χ1v) is 7.83. The molecule has 3 heterocycles. The summed E-state index contributed by atoms with van der Waals surface area (Å²) in [6.07, 6.45) is 0.0262. The van der Waals surface area contributed by atoms with Gasteiger partial charge in [0.05, 0.1) is 6.42 Å². The van der Waals surface area contributed by atoms with Gasteiger partial charge in [0, 0.05) is 11.8 Å². The number of hydrogen-bond acceptors (Lipinski definition) is 7. The Bertz CT molecular complexity index is 828. The molecule has 1 saturated heterocycles. The Morgan fingerprint density at radius 1 is 1.32 bits per heavy atom. The molecule has 1 unspecified atom stereocenters. The van der Waals surface area contributed by atoms with Gasteiger partial charge < -0.3 is 14.8 Å². The van der Waals surface area contributed by atoms with E-state index in [1.165, 1.54) is 0 Å². The quantitative estimate of drug-likeness (QED) is 0.729. The van der Waals surface area contributed by atoms with E-state index in [9.17, 15) is 9.59 Å². The minimum Gasteiger partial charge on any atom is -0.454 e. The van der Waals surface area contributed by atoms with Gasteiger partial charge in [0.1, 0.15) is 11.9 Å². The summed E-state index contributed by atoms with van der Waals surface area (Å²) in [5, 5.41) is 7.06. The summed E-state index contributed by atoms with van der Waals surface area (Å²) in [6, 6.07) is 4.43. The van der Waals surface area contributed by atoms with Crippen molar-refractivity contribution in [2.45, 2.75) is 26.3 Å². The Morgan fingerprint density at radius 2 is 2.12 bits per heavy atom. The average Bonchev–Trinajstić information content (AvgIpc) is 3.19. The minimum absolute atomic E-state index is 0.0262. The van der Waals surface area contributed by atoms with Gasteiger partial charge in [-0.1, -0.05) is 0 Å². The number of carbonyl (C=O) groups excluding carboxylic acids is 2. The molecule has 3 aliphatic rings. The second-order valence-corrected chi connectivity index (χ2v) is 6.09. The van der Waals surface area contributed by atoms with Crippen molar-refractivity contribution < 1.29 is 19.1 Å². The number of nitrogens with one attached hydrogen (secondary N) is 3. The Kier molecular flexibility index (Phi) is 3.48. The molecule has 0 radical (unpaired) electrons. The molecule has 0 spiro atoms. The number of guanidine groups is 1. The highest BCUT2D eigenvalue weighted by atomic mass is 16.7. The molecule has 130 valence electrons. The summed E-state index contributed by atoms with van der Waals surface area (Å²) < 4.78 is 10.6. The number of hydrogen-bond donors (Lipinski definition) is 3. The molecule has 0 aliphatic carbocycles. The number of carbonyl (C=O) groups is 2. The predicted octanol–water partition coefficient (Wildman–Crippen LogP) is 0.670. The number of anilines is 1. The Morgan fingerprint density at radius 3 is 2.92 bits per heavy atom. The third-order valence-electron chi connectivity index (χ3n) is 4.03. The number of benzene rings is 1. The standard InChI is InChI=1S/C16H17N5O4/c1-8(2)14-19-16-18-13(22)6-10(21(16)20-14)15(23)17-9-3-4-11-12(5-9)25-7-24-11/h3-5,10,20H,6-7H2,1-2H3,(H,17,23)(H,18,19,22). The number of fused-ring (bicyclic) bond motifs is 2. The molecule has 1 atom stereocenters. The van der Waals surface area contributed by atoms with Crippen LogP contribution in [-0.2, 0) is 9.59 Å². The molecule has 1 aromatic rings. The van der Waals surface area contributed by atoms with Gasteiger partial charge in [-0.15, -0.1) is 0 Å². The van der Waals surface area contributed by atoms with E-state index in [4.69, 9.17) is 9.47 Å². The topological polar surface area (TPSA) is 104 Å². The lowest BCUT2D eigenvalue weighted by molar-refractivity contribution is -0.129. The molecule has 2 amide bonds. The van der Waals surface area contributed by atoms with E-state index in [0.29, 0.717) is 29.0 Å². The van der Waals surface area contributed by atoms with Crippen molar-refractivity contribution in [3.05, 3.63) is 29.6 Å². The van der Waals surface area contributed by atoms with Gasteiger partial charge in [-0.05, 0) is 31.6 Å². The lowest BCUT2D eigenvalue weighted by Gasteiger charge is -2.32. The van der Waals surface area contributed by atoms with Crippen LogP contribution < -0.4 is 25.5 Å². The van der Waals surface area contributed by atoms with Crippen LogP contribution in [0, 0.1) is 0 Å². The lowest BCUT2D eigenvalue weighted by atomic mass is 10.1. The third-order valence-corrected chi connectivity index (χ3v) is 4.03. The van der Waals surface area contributed by atoms with E-state index in [1.54, 1.807) is 23.2 Å². The van der Waals surface area contributed by atoms with Crippen molar-refractivity contribution in [1.82, 2.24) is 15.8 Å². The summed E-state index contributed by atoms with van der Waals surface area (Å²) in [5.41, 5.74) is 4.58. The molecule has 1 fully saturated rings. The molecule has 9 nitrogen and oxygen atoms in total. The van der Waals surface area contributed by atoms with Gasteiger partial charge in [0.15, 0.2) is 11.5 Å². The molecule has 0 bridgehead atoms. The predicted molar refractivity (Wildman–Crippen MR) is 88.5 cm³/mol. The Hall–Kier alpha value is -3.23. The maximum atomic E-state index is 12.7. The fourth-order valence-electron chi connectivity index (χ4n) is 2.74. The van der Waals surface area contributed by atoms with E-state index in [1.807, 2.05) is 13.8 Å². The molecule has 3 aliphatic heterocycles. The van der Waals surface area contributed by atoms with Gasteiger partial charge in [-0.3, -0.25) is 20.3 Å². The van der Waals surface area contributed by atoms with Crippen molar-refractivity contribution in [3.63, 3.8) is 0 Å². The van der Waals surface area contributed by atoms with Crippen LogP contribution in [0.15, 0.2) is 34.6 Å². The van der Waals surface area contributed by atoms with Crippen LogP contribution in [0.1, 0.15) is 20.3 Å². The summed E-state index contributed by atoms with van der Waals surface area (Å²) in [4.78, 5) is 28.9. The SMILES string of the molecule is CC(C)=C1N=C2NC(=O)CC(C(=O)Nc3ccc4c(c3)OCO4)N2N1. The van der Waals surface area contributed by atoms with E-state index in [-0.39, 0.29) is 25.0 Å². The first-order valence-electron chi connectivity index (χ1n) is 7.83. The molecule has 25 heavy (non-hydrogen) atoms. The van der Waals surface area contributed by atoms with E-state index in [0.717, 1.165) is 5.57 Å². The first-order chi connectivity index (χ1) is 12.0. The monoisotopic (exact) mass is 343 g/mol. The maximum absolute atomic E-state index is 12.7. The van der Waals surface area contributed by atoms with Crippen molar-refractivity contribution in [2.75, 3.05) is 12.1 Å². The first kappa shape index (κ1) is 15.3. The Balaban J connectivity index is 1.54. The van der Waals surface area contributed by atoms with Crippen LogP contribution in [0.2, 0.25) is 0 Å². The van der Waals surface area contributed by atoms with E-state index < -0.39 is 6.04 Å². The molecule has 4 rings (SSSR count). The molecular weight excluding hydrogens is 326 g/mol. The van der Waals surface area contributed by atoms with Crippen LogP contribution in [0.4, 0.5) is 5.69 Å². The maximum Gasteiger partial charge on any atom is 0.249 e. The minimum atomic E-state index is -0.713. The number of amides is 2. The third kappa shape index (κ3) is 2.73. The number of rotatable bonds is 2. The zero-order chi connectivity index (χ0) is 17.6. The molecule has 0 saturated carbocycles. The zero-order valence-corrected chi connectivity index (χ0v) is 13.8. The van der Waals surface area contributed by atoms with Crippen LogP contribution in [0.3, 0.4) is 0 Å². The summed E-state index contributed by atoms with van der Waals surface area (Å²) >= 11 is 0. The Labute approximate surface area is 143 Å². The fourth-order valence-corrected chi connectivity index (χ4v) is 2.74. The van der Waals surface area contributed by atoms with Crippen LogP contribution in [0.25, 0.3) is 0 Å². The zero-order valence-electron chi connectivity index (χ0n) is 13.8. The van der Waals surface area contributed by atoms with Gasteiger partial charge >= 0.3 is 0 Å². The largest absolute Gasteiger partial charge is 0.454 e. The highest BCUT2D eigenvalue weighted by Gasteiger charge is 2.39. The van der Waals surface area contributed by atoms with Gasteiger partial charge in [0.25, 0.3) is 0 Å². The lowest BCUT2D eigenvalue weighted by Crippen LogP contribution is -2.61. The highest BCUT2D eigenvalue weighted by molar-refractivity contribution is 6.07. The molecule has 3 N–H and O–H groups in total. The number of ether oxygens (including phenoxy) is 2. The van der Waals surface area contributed by atoms with Crippen molar-refractivity contribution >= 4 is 23.5 Å². The molecular formula is C16H17N5O4. The van der Waals surface area contributed by atoms with Crippen molar-refractivity contribution in [3.8, 4) is 11.5 Å². The van der Waals surface area contributed by atoms with Gasteiger partial charge in [0.2, 0.25) is 24.6 Å². The normalized spacial score (nSPS) is 20.5. The summed E-state index contributed by atoms with van der Waals surface area (Å²) in [6.45, 7) is 3.96. The number of hydrazine groups is 1. The smallest absolute Gasteiger partial charge is 0.249 e. The van der Waals surface area contributed by atoms with E-state index in [2.05, 4.69) is 21.1 Å². The van der Waals surface area contributed by atoms with Crippen LogP contribution in [0.5, 0.6) is 11.5 Å². The summed E-state index contributed by atoms with van der Waals surface area (Å²) in [7, 11) is 0. The van der Waals surface area contributed by atoms with Crippen molar-refractivity contribution in [1.29, 1.82) is 0 Å². The average molecular weight is 343 g/mol. The number of nitrogens with zero attached hydrogens (tertiary/aromatic N) is 2. The number of allylic oxidation sites excluding steroid dienone is 1. The van der Waals surface area contributed by atoms with Gasteiger partial charge in [-0.2, -0.15) is 4.99 Å². The van der Waals surface area contributed by atoms with Gasteiger partial charge in [-0.25, -0.2) is 5.01 Å².